The Morgan fingerprint density at radius 1 is 1.82 bits per heavy atom. The van der Waals surface area contributed by atoms with Crippen LogP contribution in [0.3, 0.4) is 0 Å². The van der Waals surface area contributed by atoms with Gasteiger partial charge in [0.1, 0.15) is 0 Å². The Hall–Kier alpha value is -1.01. The van der Waals surface area contributed by atoms with Crippen LogP contribution in [-0.2, 0) is 4.79 Å². The van der Waals surface area contributed by atoms with Gasteiger partial charge in [-0.3, -0.25) is 4.79 Å². The molecule has 0 radical (unpaired) electrons. The number of hydrogen-bond acceptors (Lipinski definition) is 2. The van der Waals surface area contributed by atoms with Gasteiger partial charge in [0.2, 0.25) is 0 Å². The zero-order valence-electron chi connectivity index (χ0n) is 6.61. The average Bonchev–Trinajstić information content (AvgIpc) is 2.36. The average molecular weight is 152 g/mol. The predicted molar refractivity (Wildman–Crippen MR) is 42.9 cm³/mol. The van der Waals surface area contributed by atoms with E-state index in [1.54, 1.807) is 0 Å². The fraction of sp³-hybridized carbons (Fsp3) is 0.625. The zero-order chi connectivity index (χ0) is 8.32. The summed E-state index contributed by atoms with van der Waals surface area (Å²) in [6.45, 7) is 3.74. The molecule has 0 aromatic carbocycles. The maximum absolute atomic E-state index is 10.8. The molecule has 3 nitrogen and oxygen atoms in total. The number of amides is 1. The summed E-state index contributed by atoms with van der Waals surface area (Å²) in [6.07, 6.45) is 5.87. The summed E-state index contributed by atoms with van der Waals surface area (Å²) in [5, 5.41) is 5.93. The third kappa shape index (κ3) is 1.95. The highest BCUT2D eigenvalue weighted by atomic mass is 16.1. The van der Waals surface area contributed by atoms with E-state index in [0.717, 1.165) is 19.5 Å². The smallest absolute Gasteiger partial charge is 0.296 e. The molecule has 1 saturated heterocycles. The molecular weight excluding hydrogens is 140 g/mol. The van der Waals surface area contributed by atoms with E-state index >= 15 is 0 Å². The van der Waals surface area contributed by atoms with Gasteiger partial charge in [0.05, 0.1) is 5.54 Å². The molecule has 0 aromatic heterocycles. The molecule has 1 amide bonds. The maximum atomic E-state index is 10.8. The number of carbonyl (C=O) groups is 1. The third-order valence-electron chi connectivity index (χ3n) is 1.92. The SMILES string of the molecule is C#CC(=O)NC1(C)CCNC1. The normalized spacial score (nSPS) is 29.5. The lowest BCUT2D eigenvalue weighted by Gasteiger charge is -2.22. The first-order valence-electron chi connectivity index (χ1n) is 3.66. The third-order valence-corrected chi connectivity index (χ3v) is 1.92. The van der Waals surface area contributed by atoms with Crippen molar-refractivity contribution in [3.8, 4) is 12.3 Å². The largest absolute Gasteiger partial charge is 0.339 e. The first-order valence-corrected chi connectivity index (χ1v) is 3.66. The van der Waals surface area contributed by atoms with E-state index in [-0.39, 0.29) is 11.4 Å². The number of terminal acetylenes is 1. The number of nitrogens with one attached hydrogen (secondary N) is 2. The number of rotatable bonds is 1. The molecule has 0 aliphatic carbocycles. The van der Waals surface area contributed by atoms with E-state index in [2.05, 4.69) is 10.6 Å². The Labute approximate surface area is 66.5 Å². The number of carbonyl (C=O) groups excluding carboxylic acids is 1. The van der Waals surface area contributed by atoms with E-state index in [9.17, 15) is 4.79 Å². The highest BCUT2D eigenvalue weighted by Crippen LogP contribution is 2.12. The van der Waals surface area contributed by atoms with Crippen LogP contribution in [0.25, 0.3) is 0 Å². The van der Waals surface area contributed by atoms with Gasteiger partial charge in [-0.15, -0.1) is 6.42 Å². The summed E-state index contributed by atoms with van der Waals surface area (Å²) >= 11 is 0. The van der Waals surface area contributed by atoms with Gasteiger partial charge in [-0.25, -0.2) is 0 Å². The minimum atomic E-state index is -0.323. The summed E-state index contributed by atoms with van der Waals surface area (Å²) in [4.78, 5) is 10.8. The van der Waals surface area contributed by atoms with Gasteiger partial charge in [-0.2, -0.15) is 0 Å². The van der Waals surface area contributed by atoms with Crippen LogP contribution in [-0.4, -0.2) is 24.5 Å². The molecule has 1 heterocycles. The van der Waals surface area contributed by atoms with Crippen LogP contribution in [0.15, 0.2) is 0 Å². The monoisotopic (exact) mass is 152 g/mol. The van der Waals surface area contributed by atoms with E-state index in [4.69, 9.17) is 6.42 Å². The fourth-order valence-corrected chi connectivity index (χ4v) is 1.23. The molecule has 1 fully saturated rings. The molecule has 0 aromatic rings. The summed E-state index contributed by atoms with van der Waals surface area (Å²) in [5.41, 5.74) is -0.135. The molecule has 1 unspecified atom stereocenters. The highest BCUT2D eigenvalue weighted by Gasteiger charge is 2.29. The van der Waals surface area contributed by atoms with Gasteiger partial charge < -0.3 is 10.6 Å². The molecule has 11 heavy (non-hydrogen) atoms. The van der Waals surface area contributed by atoms with Gasteiger partial charge in [0, 0.05) is 6.54 Å². The molecule has 0 saturated carbocycles. The van der Waals surface area contributed by atoms with E-state index in [1.807, 2.05) is 12.8 Å². The maximum Gasteiger partial charge on any atom is 0.296 e. The molecule has 1 aliphatic heterocycles. The van der Waals surface area contributed by atoms with Crippen molar-refractivity contribution in [2.24, 2.45) is 0 Å². The lowest BCUT2D eigenvalue weighted by Crippen LogP contribution is -2.46. The van der Waals surface area contributed by atoms with Crippen molar-refractivity contribution in [2.45, 2.75) is 18.9 Å². The first kappa shape index (κ1) is 8.09. The Balaban J connectivity index is 2.47. The Kier molecular flexibility index (Phi) is 2.16. The minimum Gasteiger partial charge on any atom is -0.339 e. The van der Waals surface area contributed by atoms with Gasteiger partial charge in [0.15, 0.2) is 0 Å². The number of hydrogen-bond donors (Lipinski definition) is 2. The summed E-state index contributed by atoms with van der Waals surface area (Å²) in [7, 11) is 0. The van der Waals surface area contributed by atoms with Crippen molar-refractivity contribution < 1.29 is 4.79 Å². The van der Waals surface area contributed by atoms with E-state index in [1.165, 1.54) is 0 Å². The van der Waals surface area contributed by atoms with Gasteiger partial charge >= 0.3 is 0 Å². The molecule has 0 bridgehead atoms. The molecule has 1 rings (SSSR count). The lowest BCUT2D eigenvalue weighted by atomic mass is 10.0. The topological polar surface area (TPSA) is 41.1 Å². The summed E-state index contributed by atoms with van der Waals surface area (Å²) in [6, 6.07) is 0. The van der Waals surface area contributed by atoms with Crippen LogP contribution in [0, 0.1) is 12.3 Å². The highest BCUT2D eigenvalue weighted by molar-refractivity contribution is 5.93. The summed E-state index contributed by atoms with van der Waals surface area (Å²) < 4.78 is 0. The van der Waals surface area contributed by atoms with Crippen molar-refractivity contribution in [1.29, 1.82) is 0 Å². The molecule has 0 spiro atoms. The second kappa shape index (κ2) is 2.93. The fourth-order valence-electron chi connectivity index (χ4n) is 1.23. The van der Waals surface area contributed by atoms with E-state index in [0.29, 0.717) is 0 Å². The van der Waals surface area contributed by atoms with Crippen LogP contribution in [0.4, 0.5) is 0 Å². The van der Waals surface area contributed by atoms with Crippen LogP contribution in [0.1, 0.15) is 13.3 Å². The Morgan fingerprint density at radius 2 is 2.55 bits per heavy atom. The van der Waals surface area contributed by atoms with Crippen LogP contribution >= 0.6 is 0 Å². The van der Waals surface area contributed by atoms with E-state index < -0.39 is 0 Å². The molecule has 2 N–H and O–H groups in total. The quantitative estimate of drug-likeness (QED) is 0.497. The molecule has 60 valence electrons. The van der Waals surface area contributed by atoms with Gasteiger partial charge in [0.25, 0.3) is 5.91 Å². The van der Waals surface area contributed by atoms with Gasteiger partial charge in [-0.1, -0.05) is 0 Å². The van der Waals surface area contributed by atoms with Crippen LogP contribution in [0.5, 0.6) is 0 Å². The van der Waals surface area contributed by atoms with Crippen molar-refractivity contribution >= 4 is 5.91 Å². The molecule has 1 aliphatic rings. The van der Waals surface area contributed by atoms with Crippen LogP contribution < -0.4 is 10.6 Å². The summed E-state index contributed by atoms with van der Waals surface area (Å²) in [5.74, 6) is 1.72. The first-order chi connectivity index (χ1) is 5.16. The standard InChI is InChI=1S/C8H12N2O/c1-3-7(11)10-8(2)4-5-9-6-8/h1,9H,4-6H2,2H3,(H,10,11). The second-order valence-electron chi connectivity index (χ2n) is 3.09. The lowest BCUT2D eigenvalue weighted by molar-refractivity contribution is -0.117. The minimum absolute atomic E-state index is 0.135. The van der Waals surface area contributed by atoms with Gasteiger partial charge in [-0.05, 0) is 25.8 Å². The van der Waals surface area contributed by atoms with Crippen LogP contribution in [0.2, 0.25) is 0 Å². The van der Waals surface area contributed by atoms with Crippen molar-refractivity contribution in [3.05, 3.63) is 0 Å². The van der Waals surface area contributed by atoms with Crippen molar-refractivity contribution in [1.82, 2.24) is 10.6 Å². The van der Waals surface area contributed by atoms with Crippen molar-refractivity contribution in [2.75, 3.05) is 13.1 Å². The second-order valence-corrected chi connectivity index (χ2v) is 3.09. The molecular formula is C8H12N2O. The molecule has 3 heteroatoms. The Morgan fingerprint density at radius 3 is 3.00 bits per heavy atom. The molecule has 1 atom stereocenters. The van der Waals surface area contributed by atoms with Crippen molar-refractivity contribution in [3.63, 3.8) is 0 Å². The zero-order valence-corrected chi connectivity index (χ0v) is 6.61. The predicted octanol–water partition coefficient (Wildman–Crippen LogP) is -0.512. The Bertz CT molecular complexity index is 199.